The first kappa shape index (κ1) is 25.3. The van der Waals surface area contributed by atoms with E-state index in [0.29, 0.717) is 29.2 Å². The summed E-state index contributed by atoms with van der Waals surface area (Å²) in [5.74, 6) is -2.92. The van der Waals surface area contributed by atoms with Crippen molar-refractivity contribution in [3.63, 3.8) is 0 Å². The van der Waals surface area contributed by atoms with Gasteiger partial charge in [0.25, 0.3) is 0 Å². The maximum absolute atomic E-state index is 12.9. The number of nitrogens with zero attached hydrogens (tertiary/aromatic N) is 1. The third-order valence-electron chi connectivity index (χ3n) is 6.09. The Kier molecular flexibility index (Phi) is 7.53. The van der Waals surface area contributed by atoms with Crippen LogP contribution in [0.5, 0.6) is 11.5 Å². The molecule has 4 rings (SSSR count). The molecule has 11 heteroatoms. The molecule has 2 aliphatic rings. The van der Waals surface area contributed by atoms with Crippen molar-refractivity contribution in [1.29, 1.82) is 0 Å². The van der Waals surface area contributed by atoms with Crippen molar-refractivity contribution in [3.05, 3.63) is 58.6 Å². The van der Waals surface area contributed by atoms with Crippen LogP contribution in [0.2, 0.25) is 5.02 Å². The fraction of sp³-hybridized carbons (Fsp3) is 0.417. The van der Waals surface area contributed by atoms with E-state index in [1.807, 2.05) is 24.3 Å². The lowest BCUT2D eigenvalue weighted by molar-refractivity contribution is -0.209. The number of rotatable bonds is 6. The zero-order valence-corrected chi connectivity index (χ0v) is 19.6. The summed E-state index contributed by atoms with van der Waals surface area (Å²) >= 11 is 5.94. The molecule has 0 saturated carbocycles. The highest BCUT2D eigenvalue weighted by atomic mass is 35.5. The van der Waals surface area contributed by atoms with E-state index in [9.17, 15) is 22.8 Å². The normalized spacial score (nSPS) is 21.2. The number of methoxy groups -OCH3 is 1. The van der Waals surface area contributed by atoms with Crippen molar-refractivity contribution in [3.8, 4) is 11.5 Å². The highest BCUT2D eigenvalue weighted by molar-refractivity contribution is 6.30. The number of carbonyl (C=O) groups is 2. The van der Waals surface area contributed by atoms with Crippen LogP contribution in [0.4, 0.5) is 13.2 Å². The number of likely N-dealkylation sites (tertiary alicyclic amines) is 1. The molecule has 2 aromatic rings. The number of carbonyl (C=O) groups excluding carboxylic acids is 2. The lowest BCUT2D eigenvalue weighted by atomic mass is 9.94. The van der Waals surface area contributed by atoms with Crippen LogP contribution in [0.15, 0.2) is 42.5 Å². The number of esters is 2. The van der Waals surface area contributed by atoms with E-state index in [1.54, 1.807) is 12.1 Å². The molecule has 2 aromatic carbocycles. The molecule has 0 aliphatic carbocycles. The number of ether oxygens (including phenoxy) is 3. The molecule has 1 fully saturated rings. The molecule has 35 heavy (non-hydrogen) atoms. The van der Waals surface area contributed by atoms with E-state index in [0.717, 1.165) is 25.2 Å². The van der Waals surface area contributed by atoms with Crippen molar-refractivity contribution in [1.82, 2.24) is 10.2 Å². The molecular weight excluding hydrogens is 489 g/mol. The second-order valence-electron chi connectivity index (χ2n) is 8.47. The van der Waals surface area contributed by atoms with E-state index >= 15 is 0 Å². The van der Waals surface area contributed by atoms with Gasteiger partial charge in [-0.05, 0) is 61.8 Å². The van der Waals surface area contributed by atoms with Gasteiger partial charge in [0.15, 0.2) is 0 Å². The number of hydrogen-bond acceptors (Lipinski definition) is 7. The summed E-state index contributed by atoms with van der Waals surface area (Å²) in [6, 6.07) is 11.1. The Morgan fingerprint density at radius 2 is 1.86 bits per heavy atom. The SMILES string of the molecule is COc1ccc2c(c1)C(NC1CCN(Cc3ccc(Cl)cc3)CC1)C(OC(=O)C(F)(F)F)C(=O)O2. The molecule has 2 atom stereocenters. The van der Waals surface area contributed by atoms with Crippen LogP contribution in [0.3, 0.4) is 0 Å². The van der Waals surface area contributed by atoms with Gasteiger partial charge in [0, 0.05) is 23.2 Å². The van der Waals surface area contributed by atoms with Gasteiger partial charge < -0.3 is 19.5 Å². The van der Waals surface area contributed by atoms with Gasteiger partial charge in [-0.25, -0.2) is 9.59 Å². The maximum Gasteiger partial charge on any atom is 0.490 e. The molecule has 0 bridgehead atoms. The number of halogens is 4. The molecule has 2 aliphatic heterocycles. The van der Waals surface area contributed by atoms with Gasteiger partial charge in [0.2, 0.25) is 6.10 Å². The lowest BCUT2D eigenvalue weighted by Gasteiger charge is -2.38. The van der Waals surface area contributed by atoms with Crippen LogP contribution in [0.1, 0.15) is 30.0 Å². The minimum Gasteiger partial charge on any atom is -0.497 e. The number of fused-ring (bicyclic) bond motifs is 1. The minimum absolute atomic E-state index is 0.126. The summed E-state index contributed by atoms with van der Waals surface area (Å²) in [4.78, 5) is 26.4. The molecule has 1 saturated heterocycles. The van der Waals surface area contributed by atoms with Gasteiger partial charge >= 0.3 is 18.1 Å². The van der Waals surface area contributed by atoms with Crippen molar-refractivity contribution in [2.45, 2.75) is 43.8 Å². The first-order valence-electron chi connectivity index (χ1n) is 11.0. The van der Waals surface area contributed by atoms with E-state index < -0.39 is 30.3 Å². The molecule has 2 unspecified atom stereocenters. The number of benzene rings is 2. The largest absolute Gasteiger partial charge is 0.497 e. The van der Waals surface area contributed by atoms with Crippen LogP contribution in [-0.2, 0) is 20.9 Å². The highest BCUT2D eigenvalue weighted by Crippen LogP contribution is 2.38. The van der Waals surface area contributed by atoms with Gasteiger partial charge in [-0.3, -0.25) is 4.90 Å². The Morgan fingerprint density at radius 3 is 2.49 bits per heavy atom. The summed E-state index contributed by atoms with van der Waals surface area (Å²) in [5, 5.41) is 3.92. The molecule has 0 spiro atoms. The molecule has 0 aromatic heterocycles. The van der Waals surface area contributed by atoms with Gasteiger partial charge in [-0.1, -0.05) is 23.7 Å². The molecule has 7 nitrogen and oxygen atoms in total. The molecule has 1 N–H and O–H groups in total. The van der Waals surface area contributed by atoms with Crippen LogP contribution in [0.25, 0.3) is 0 Å². The zero-order chi connectivity index (χ0) is 25.2. The third-order valence-corrected chi connectivity index (χ3v) is 6.34. The summed E-state index contributed by atoms with van der Waals surface area (Å²) in [6.07, 6.45) is -5.68. The second kappa shape index (κ2) is 10.4. The maximum atomic E-state index is 12.9. The van der Waals surface area contributed by atoms with Gasteiger partial charge in [0.05, 0.1) is 13.2 Å². The second-order valence-corrected chi connectivity index (χ2v) is 8.91. The highest BCUT2D eigenvalue weighted by Gasteiger charge is 2.48. The van der Waals surface area contributed by atoms with Crippen LogP contribution in [-0.4, -0.2) is 55.4 Å². The minimum atomic E-state index is -5.24. The van der Waals surface area contributed by atoms with E-state index in [4.69, 9.17) is 21.1 Å². The summed E-state index contributed by atoms with van der Waals surface area (Å²) in [7, 11) is 1.44. The predicted molar refractivity (Wildman–Crippen MR) is 120 cm³/mol. The van der Waals surface area contributed by atoms with E-state index in [2.05, 4.69) is 15.0 Å². The van der Waals surface area contributed by atoms with Crippen molar-refractivity contribution in [2.75, 3.05) is 20.2 Å². The smallest absolute Gasteiger partial charge is 0.490 e. The number of alkyl halides is 3. The van der Waals surface area contributed by atoms with Crippen LogP contribution in [0, 0.1) is 0 Å². The standard InChI is InChI=1S/C24H24ClF3N2O5/c1-33-17-6-7-19-18(12-17)20(21(22(31)34-19)35-23(32)24(26,27)28)29-16-8-10-30(11-9-16)13-14-2-4-15(25)5-3-14/h2-7,12,16,20-21,29H,8-11,13H2,1H3. The summed E-state index contributed by atoms with van der Waals surface area (Å²) < 4.78 is 53.7. The van der Waals surface area contributed by atoms with Crippen molar-refractivity contribution < 1.29 is 37.0 Å². The predicted octanol–water partition coefficient (Wildman–Crippen LogP) is 4.04. The molecule has 2 heterocycles. The third kappa shape index (κ3) is 6.06. The Balaban J connectivity index is 1.49. The molecule has 188 valence electrons. The number of hydrogen-bond donors (Lipinski definition) is 1. The molecule has 0 amide bonds. The molecule has 0 radical (unpaired) electrons. The van der Waals surface area contributed by atoms with Crippen molar-refractivity contribution >= 4 is 23.5 Å². The van der Waals surface area contributed by atoms with Gasteiger partial charge in [0.1, 0.15) is 11.5 Å². The van der Waals surface area contributed by atoms with Crippen molar-refractivity contribution in [2.24, 2.45) is 0 Å². The lowest BCUT2D eigenvalue weighted by Crippen LogP contribution is -2.51. The Bertz CT molecular complexity index is 1070. The summed E-state index contributed by atoms with van der Waals surface area (Å²) in [6.45, 7) is 2.20. The molecular formula is C24H24ClF3N2O5. The fourth-order valence-electron chi connectivity index (χ4n) is 4.29. The quantitative estimate of drug-likeness (QED) is 0.462. The van der Waals surface area contributed by atoms with Gasteiger partial charge in [-0.15, -0.1) is 0 Å². The van der Waals surface area contributed by atoms with E-state index in [1.165, 1.54) is 13.2 Å². The fourth-order valence-corrected chi connectivity index (χ4v) is 4.42. The average molecular weight is 513 g/mol. The average Bonchev–Trinajstić information content (AvgIpc) is 2.83. The zero-order valence-electron chi connectivity index (χ0n) is 18.8. The van der Waals surface area contributed by atoms with E-state index in [-0.39, 0.29) is 11.8 Å². The topological polar surface area (TPSA) is 77.1 Å². The number of nitrogens with one attached hydrogen (secondary N) is 1. The number of piperidine rings is 1. The Morgan fingerprint density at radius 1 is 1.17 bits per heavy atom. The van der Waals surface area contributed by atoms with Crippen LogP contribution >= 0.6 is 11.6 Å². The Hall–Kier alpha value is -2.82. The summed E-state index contributed by atoms with van der Waals surface area (Å²) in [5.41, 5.74) is 1.50. The van der Waals surface area contributed by atoms with Crippen LogP contribution < -0.4 is 14.8 Å². The first-order chi connectivity index (χ1) is 16.6. The first-order valence-corrected chi connectivity index (χ1v) is 11.4. The van der Waals surface area contributed by atoms with Gasteiger partial charge in [-0.2, -0.15) is 13.2 Å². The monoisotopic (exact) mass is 512 g/mol. The Labute approximate surface area is 205 Å².